The van der Waals surface area contributed by atoms with Gasteiger partial charge < -0.3 is 0 Å². The zero-order valence-corrected chi connectivity index (χ0v) is 8.14. The van der Waals surface area contributed by atoms with Gasteiger partial charge in [0.2, 0.25) is 0 Å². The van der Waals surface area contributed by atoms with Crippen molar-refractivity contribution in [2.45, 2.75) is 6.42 Å². The first-order valence-electron chi connectivity index (χ1n) is 2.56. The molecule has 1 fully saturated rings. The summed E-state index contributed by atoms with van der Waals surface area (Å²) in [5.41, 5.74) is 0. The largest absolute Gasteiger partial charge is 0.117 e. The summed E-state index contributed by atoms with van der Waals surface area (Å²) < 4.78 is -0.884. The molecule has 0 N–H and O–H groups in total. The molecule has 1 aliphatic rings. The molecule has 1 aliphatic heterocycles. The van der Waals surface area contributed by atoms with Gasteiger partial charge in [-0.1, -0.05) is 11.8 Å². The molecule has 0 aromatic heterocycles. The molecule has 1 saturated heterocycles. The van der Waals surface area contributed by atoms with Gasteiger partial charge in [0.25, 0.3) is 0 Å². The molecule has 0 saturated carbocycles. The lowest BCUT2D eigenvalue weighted by atomic mass is 10.6. The minimum atomic E-state index is -0.884. The Morgan fingerprint density at radius 3 is 2.75 bits per heavy atom. The highest BCUT2D eigenvalue weighted by atomic mass is 33.2. The van der Waals surface area contributed by atoms with Crippen molar-refractivity contribution < 1.29 is 0 Å². The van der Waals surface area contributed by atoms with E-state index in [9.17, 15) is 0 Å². The molecule has 0 aromatic rings. The van der Waals surface area contributed by atoms with E-state index in [0.29, 0.717) is 0 Å². The predicted molar refractivity (Wildman–Crippen MR) is 49.7 cm³/mol. The first-order valence-corrected chi connectivity index (χ1v) is 8.97. The van der Waals surface area contributed by atoms with E-state index < -0.39 is 4.44 Å². The van der Waals surface area contributed by atoms with E-state index in [4.69, 9.17) is 11.8 Å². The molecule has 0 radical (unpaired) electrons. The summed E-state index contributed by atoms with van der Waals surface area (Å²) in [7, 11) is 0. The highest BCUT2D eigenvalue weighted by molar-refractivity contribution is 9.00. The Hall–Kier alpha value is 1.35. The van der Waals surface area contributed by atoms with Gasteiger partial charge in [0, 0.05) is 0 Å². The Labute approximate surface area is 63.7 Å². The molecule has 0 amide bonds. The fourth-order valence-corrected chi connectivity index (χ4v) is 8.32. The van der Waals surface area contributed by atoms with Crippen LogP contribution in [0.2, 0.25) is 0 Å². The van der Waals surface area contributed by atoms with Gasteiger partial charge in [-0.25, -0.2) is 0 Å². The molecule has 0 bridgehead atoms. The summed E-state index contributed by atoms with van der Waals surface area (Å²) in [4.78, 5) is 0. The van der Waals surface area contributed by atoms with Gasteiger partial charge in [-0.15, -0.1) is 22.8 Å². The molecule has 0 aromatic carbocycles. The van der Waals surface area contributed by atoms with Crippen molar-refractivity contribution in [1.29, 1.82) is 0 Å². The molecular weight excluding hydrogens is 175 g/mol. The van der Waals surface area contributed by atoms with Crippen molar-refractivity contribution in [3.8, 4) is 0 Å². The van der Waals surface area contributed by atoms with Gasteiger partial charge in [0.05, 0.1) is 4.44 Å². The van der Waals surface area contributed by atoms with Crippen LogP contribution in [0.4, 0.5) is 0 Å². The van der Waals surface area contributed by atoms with Gasteiger partial charge in [-0.05, 0) is 24.6 Å². The van der Waals surface area contributed by atoms with Crippen molar-refractivity contribution in [3.05, 3.63) is 0 Å². The third kappa shape index (κ3) is 1.66. The normalized spacial score (nSPS) is 38.1. The van der Waals surface area contributed by atoms with E-state index in [0.717, 1.165) is 0 Å². The molecule has 8 heavy (non-hydrogen) atoms. The Morgan fingerprint density at radius 2 is 2.50 bits per heavy atom. The second-order valence-electron chi connectivity index (χ2n) is 1.70. The first-order chi connectivity index (χ1) is 3.77. The van der Waals surface area contributed by atoms with E-state index in [1.807, 2.05) is 22.8 Å². The molecular formula is C4H9PS3. The zero-order valence-electron chi connectivity index (χ0n) is 4.79. The number of hydrogen-bond acceptors (Lipinski definition) is 3. The van der Waals surface area contributed by atoms with Gasteiger partial charge in [0.1, 0.15) is 0 Å². The van der Waals surface area contributed by atoms with Gasteiger partial charge in [-0.2, -0.15) is 0 Å². The topological polar surface area (TPSA) is 0 Å². The SMILES string of the molecule is CSP1(=S)CCCS1. The van der Waals surface area contributed by atoms with Crippen molar-refractivity contribution in [3.63, 3.8) is 0 Å². The third-order valence-corrected chi connectivity index (χ3v) is 13.0. The summed E-state index contributed by atoms with van der Waals surface area (Å²) in [6.07, 6.45) is 4.84. The maximum atomic E-state index is 5.41. The van der Waals surface area contributed by atoms with Crippen LogP contribution in [-0.4, -0.2) is 18.2 Å². The van der Waals surface area contributed by atoms with Gasteiger partial charge in [-0.3, -0.25) is 0 Å². The van der Waals surface area contributed by atoms with Gasteiger partial charge in [0.15, 0.2) is 0 Å². The maximum absolute atomic E-state index is 5.41. The van der Waals surface area contributed by atoms with Crippen molar-refractivity contribution in [1.82, 2.24) is 0 Å². The van der Waals surface area contributed by atoms with Crippen LogP contribution in [0.5, 0.6) is 0 Å². The molecule has 48 valence electrons. The van der Waals surface area contributed by atoms with Crippen LogP contribution >= 0.6 is 27.2 Å². The van der Waals surface area contributed by atoms with Gasteiger partial charge >= 0.3 is 0 Å². The minimum Gasteiger partial charge on any atom is -0.117 e. The summed E-state index contributed by atoms with van der Waals surface area (Å²) >= 11 is 9.36. The van der Waals surface area contributed by atoms with E-state index in [1.54, 1.807) is 0 Å². The number of hydrogen-bond donors (Lipinski definition) is 0. The Morgan fingerprint density at radius 1 is 1.75 bits per heavy atom. The molecule has 0 nitrogen and oxygen atoms in total. The monoisotopic (exact) mass is 184 g/mol. The molecule has 1 heterocycles. The zero-order chi connectivity index (χ0) is 6.04. The quantitative estimate of drug-likeness (QED) is 0.575. The average molecular weight is 184 g/mol. The fourth-order valence-electron chi connectivity index (χ4n) is 0.670. The predicted octanol–water partition coefficient (Wildman–Crippen LogP) is 2.80. The van der Waals surface area contributed by atoms with E-state index in [2.05, 4.69) is 6.26 Å². The lowest BCUT2D eigenvalue weighted by molar-refractivity contribution is 1.14. The summed E-state index contributed by atoms with van der Waals surface area (Å²) in [6, 6.07) is 0. The molecule has 4 heteroatoms. The molecule has 0 aliphatic carbocycles. The van der Waals surface area contributed by atoms with Crippen molar-refractivity contribution in [2.24, 2.45) is 0 Å². The van der Waals surface area contributed by atoms with Crippen molar-refractivity contribution >= 4 is 39.0 Å². The first kappa shape index (κ1) is 7.46. The maximum Gasteiger partial charge on any atom is 0.0569 e. The number of rotatable bonds is 1. The van der Waals surface area contributed by atoms with Crippen LogP contribution < -0.4 is 0 Å². The third-order valence-electron chi connectivity index (χ3n) is 1.14. The summed E-state index contributed by atoms with van der Waals surface area (Å²) in [5.74, 6) is 1.32. The van der Waals surface area contributed by atoms with Crippen LogP contribution in [0.25, 0.3) is 0 Å². The average Bonchev–Trinajstić information content (AvgIpc) is 2.17. The molecule has 1 rings (SSSR count). The highest BCUT2D eigenvalue weighted by Crippen LogP contribution is 2.72. The second kappa shape index (κ2) is 2.96. The smallest absolute Gasteiger partial charge is 0.0569 e. The lowest BCUT2D eigenvalue weighted by Gasteiger charge is -2.07. The Balaban J connectivity index is 2.53. The summed E-state index contributed by atoms with van der Waals surface area (Å²) in [6.45, 7) is 0. The highest BCUT2D eigenvalue weighted by Gasteiger charge is 2.20. The fraction of sp³-hybridized carbons (Fsp3) is 1.00. The van der Waals surface area contributed by atoms with Crippen LogP contribution in [-0.2, 0) is 11.8 Å². The molecule has 0 spiro atoms. The van der Waals surface area contributed by atoms with Crippen molar-refractivity contribution in [2.75, 3.05) is 18.2 Å². The molecule has 1 atom stereocenters. The van der Waals surface area contributed by atoms with Crippen LogP contribution in [0.15, 0.2) is 0 Å². The van der Waals surface area contributed by atoms with E-state index in [-0.39, 0.29) is 0 Å². The molecule has 1 unspecified atom stereocenters. The minimum absolute atomic E-state index is 0.884. The van der Waals surface area contributed by atoms with E-state index >= 15 is 0 Å². The lowest BCUT2D eigenvalue weighted by Crippen LogP contribution is -1.68. The van der Waals surface area contributed by atoms with E-state index in [1.165, 1.54) is 18.3 Å². The Bertz CT molecular complexity index is 112. The second-order valence-corrected chi connectivity index (χ2v) is 14.0. The van der Waals surface area contributed by atoms with Crippen LogP contribution in [0.3, 0.4) is 0 Å². The van der Waals surface area contributed by atoms with Crippen LogP contribution in [0, 0.1) is 0 Å². The summed E-state index contributed by atoms with van der Waals surface area (Å²) in [5, 5.41) is 0. The Kier molecular flexibility index (Phi) is 2.76. The standard InChI is InChI=1S/C4H9PS3/c1-7-5(6)3-2-4-8-5/h2-4H2,1H3. The van der Waals surface area contributed by atoms with Crippen LogP contribution in [0.1, 0.15) is 6.42 Å².